The van der Waals surface area contributed by atoms with Crippen LogP contribution in [0.3, 0.4) is 0 Å². The zero-order valence-corrected chi connectivity index (χ0v) is 12.3. The number of benzene rings is 2. The van der Waals surface area contributed by atoms with Gasteiger partial charge in [0.2, 0.25) is 0 Å². The van der Waals surface area contributed by atoms with Crippen LogP contribution in [-0.2, 0) is 0 Å². The molecule has 3 N–H and O–H groups in total. The monoisotopic (exact) mass is 311 g/mol. The van der Waals surface area contributed by atoms with Gasteiger partial charge in [0.15, 0.2) is 16.3 Å². The number of nitrogens with zero attached hydrogens (tertiary/aromatic N) is 2. The maximum Gasteiger partial charge on any atom is 0.198 e. The quantitative estimate of drug-likeness (QED) is 0.394. The molecule has 1 heterocycles. The summed E-state index contributed by atoms with van der Waals surface area (Å²) in [5, 5.41) is 23.0. The zero-order valence-electron chi connectivity index (χ0n) is 11.5. The average molecular weight is 311 g/mol. The highest BCUT2D eigenvalue weighted by Gasteiger charge is 2.02. The van der Waals surface area contributed by atoms with Crippen LogP contribution >= 0.6 is 12.2 Å². The Bertz CT molecular complexity index is 882. The predicted octanol–water partition coefficient (Wildman–Crippen LogP) is 3.51. The van der Waals surface area contributed by atoms with Crippen molar-refractivity contribution in [3.63, 3.8) is 0 Å². The van der Waals surface area contributed by atoms with Crippen molar-refractivity contribution >= 4 is 18.4 Å². The van der Waals surface area contributed by atoms with Crippen molar-refractivity contribution in [1.29, 1.82) is 0 Å². The summed E-state index contributed by atoms with van der Waals surface area (Å²) in [4.78, 5) is 3.09. The van der Waals surface area contributed by atoms with E-state index in [4.69, 9.17) is 12.2 Å². The van der Waals surface area contributed by atoms with Crippen LogP contribution in [0.1, 0.15) is 5.56 Å². The Balaban J connectivity index is 1.90. The van der Waals surface area contributed by atoms with E-state index >= 15 is 0 Å². The lowest BCUT2D eigenvalue weighted by atomic mass is 10.2. The second-order valence-electron chi connectivity index (χ2n) is 4.68. The minimum Gasteiger partial charge on any atom is -0.504 e. The van der Waals surface area contributed by atoms with Gasteiger partial charge in [-0.05, 0) is 41.5 Å². The van der Waals surface area contributed by atoms with Crippen molar-refractivity contribution < 1.29 is 10.2 Å². The van der Waals surface area contributed by atoms with Gasteiger partial charge in [0.1, 0.15) is 0 Å². The Morgan fingerprint density at radius 2 is 1.82 bits per heavy atom. The molecule has 0 amide bonds. The number of hydrogen-bond acceptors (Lipinski definition) is 4. The molecule has 0 bridgehead atoms. The molecule has 0 radical (unpaired) electrons. The summed E-state index contributed by atoms with van der Waals surface area (Å²) in [6, 6.07) is 14.3. The smallest absolute Gasteiger partial charge is 0.198 e. The van der Waals surface area contributed by atoms with Crippen molar-refractivity contribution in [3.05, 3.63) is 65.1 Å². The first-order valence-corrected chi connectivity index (χ1v) is 6.98. The van der Waals surface area contributed by atoms with Crippen molar-refractivity contribution in [2.75, 3.05) is 0 Å². The van der Waals surface area contributed by atoms with E-state index in [1.807, 2.05) is 30.3 Å². The van der Waals surface area contributed by atoms with Crippen molar-refractivity contribution in [2.45, 2.75) is 0 Å². The van der Waals surface area contributed by atoms with Crippen LogP contribution in [0.5, 0.6) is 11.5 Å². The number of aromatic amines is 1. The number of phenols is 2. The van der Waals surface area contributed by atoms with E-state index in [2.05, 4.69) is 10.1 Å². The van der Waals surface area contributed by atoms with Gasteiger partial charge in [0.05, 0.1) is 18.1 Å². The van der Waals surface area contributed by atoms with Gasteiger partial charge in [0.25, 0.3) is 0 Å². The molecule has 0 unspecified atom stereocenters. The molecule has 110 valence electrons. The first kappa shape index (κ1) is 14.1. The number of aromatic hydroxyl groups is 2. The second kappa shape index (κ2) is 5.87. The Kier molecular flexibility index (Phi) is 3.76. The van der Waals surface area contributed by atoms with Crippen LogP contribution in [0.25, 0.3) is 11.3 Å². The molecule has 0 saturated carbocycles. The molecule has 0 saturated heterocycles. The number of phenolic OH excluding ortho intramolecular Hbond substituents is 2. The minimum absolute atomic E-state index is 0.165. The van der Waals surface area contributed by atoms with E-state index in [0.717, 1.165) is 11.3 Å². The topological polar surface area (TPSA) is 73.5 Å². The first-order chi connectivity index (χ1) is 10.6. The summed E-state index contributed by atoms with van der Waals surface area (Å²) in [5.74, 6) is -0.353. The maximum atomic E-state index is 9.46. The third kappa shape index (κ3) is 2.91. The van der Waals surface area contributed by atoms with Crippen LogP contribution in [0.2, 0.25) is 0 Å². The van der Waals surface area contributed by atoms with Crippen molar-refractivity contribution in [3.8, 4) is 22.8 Å². The van der Waals surface area contributed by atoms with E-state index < -0.39 is 0 Å². The van der Waals surface area contributed by atoms with E-state index in [1.165, 1.54) is 12.1 Å². The molecule has 0 aliphatic carbocycles. The van der Waals surface area contributed by atoms with Crippen LogP contribution < -0.4 is 0 Å². The summed E-state index contributed by atoms with van der Waals surface area (Å²) < 4.78 is 2.01. The van der Waals surface area contributed by atoms with Crippen LogP contribution in [0.4, 0.5) is 0 Å². The molecule has 2 aromatic carbocycles. The molecular formula is C16H13N3O2S. The molecule has 0 aliphatic heterocycles. The molecule has 0 spiro atoms. The van der Waals surface area contributed by atoms with Crippen LogP contribution in [-0.4, -0.2) is 26.1 Å². The first-order valence-electron chi connectivity index (χ1n) is 6.57. The number of aromatic nitrogens is 2. The fourth-order valence-electron chi connectivity index (χ4n) is 1.99. The van der Waals surface area contributed by atoms with E-state index in [1.54, 1.807) is 23.2 Å². The molecule has 5 nitrogen and oxygen atoms in total. The van der Waals surface area contributed by atoms with Crippen LogP contribution in [0, 0.1) is 4.77 Å². The zero-order chi connectivity index (χ0) is 15.5. The minimum atomic E-state index is -0.188. The molecule has 3 aromatic rings. The van der Waals surface area contributed by atoms with E-state index in [-0.39, 0.29) is 11.5 Å². The molecular weight excluding hydrogens is 298 g/mol. The standard InChI is InChI=1S/C16H13N3O2S/c20-14-7-6-11(8-15(14)21)9-17-19-10-13(18-16(19)22)12-4-2-1-3-5-12/h1-10,20-21H,(H,18,22)/b17-9+. The third-order valence-electron chi connectivity index (χ3n) is 3.12. The van der Waals surface area contributed by atoms with E-state index in [9.17, 15) is 10.2 Å². The van der Waals surface area contributed by atoms with Gasteiger partial charge in [-0.1, -0.05) is 30.3 Å². The largest absolute Gasteiger partial charge is 0.504 e. The molecule has 3 rings (SSSR count). The number of hydrogen-bond donors (Lipinski definition) is 3. The van der Waals surface area contributed by atoms with Gasteiger partial charge in [0, 0.05) is 0 Å². The predicted molar refractivity (Wildman–Crippen MR) is 87.8 cm³/mol. The van der Waals surface area contributed by atoms with Crippen molar-refractivity contribution in [2.24, 2.45) is 5.10 Å². The number of nitrogens with one attached hydrogen (secondary N) is 1. The highest BCUT2D eigenvalue weighted by molar-refractivity contribution is 7.71. The fourth-order valence-corrected chi connectivity index (χ4v) is 2.20. The molecule has 22 heavy (non-hydrogen) atoms. The Hall–Kier alpha value is -2.86. The summed E-state index contributed by atoms with van der Waals surface area (Å²) in [5.41, 5.74) is 2.54. The number of rotatable bonds is 3. The number of imidazole rings is 1. The van der Waals surface area contributed by atoms with E-state index in [0.29, 0.717) is 10.3 Å². The Morgan fingerprint density at radius 3 is 2.55 bits per heavy atom. The fraction of sp³-hybridized carbons (Fsp3) is 0. The Labute approximate surface area is 131 Å². The lowest BCUT2D eigenvalue weighted by molar-refractivity contribution is 0.403. The average Bonchev–Trinajstić information content (AvgIpc) is 2.90. The van der Waals surface area contributed by atoms with Gasteiger partial charge in [-0.25, -0.2) is 4.68 Å². The number of H-pyrrole nitrogens is 1. The second-order valence-corrected chi connectivity index (χ2v) is 5.06. The van der Waals surface area contributed by atoms with Gasteiger partial charge in [-0.3, -0.25) is 0 Å². The summed E-state index contributed by atoms with van der Waals surface area (Å²) in [6.45, 7) is 0. The van der Waals surface area contributed by atoms with Crippen LogP contribution in [0.15, 0.2) is 59.8 Å². The highest BCUT2D eigenvalue weighted by Crippen LogP contribution is 2.24. The van der Waals surface area contributed by atoms with Gasteiger partial charge in [-0.15, -0.1) is 0 Å². The maximum absolute atomic E-state index is 9.46. The molecule has 1 aromatic heterocycles. The van der Waals surface area contributed by atoms with Gasteiger partial charge < -0.3 is 15.2 Å². The Morgan fingerprint density at radius 1 is 1.05 bits per heavy atom. The lowest BCUT2D eigenvalue weighted by Crippen LogP contribution is -1.88. The van der Waals surface area contributed by atoms with Gasteiger partial charge in [-0.2, -0.15) is 5.10 Å². The summed E-state index contributed by atoms with van der Waals surface area (Å²) in [7, 11) is 0. The van der Waals surface area contributed by atoms with Crippen molar-refractivity contribution in [1.82, 2.24) is 9.66 Å². The molecule has 0 aliphatic rings. The normalized spacial score (nSPS) is 11.1. The highest BCUT2D eigenvalue weighted by atomic mass is 32.1. The molecule has 0 atom stereocenters. The SMILES string of the molecule is Oc1ccc(/C=N/n2cc(-c3ccccc3)[nH]c2=S)cc1O. The molecule has 0 fully saturated rings. The van der Waals surface area contributed by atoms with Gasteiger partial charge >= 0.3 is 0 Å². The molecule has 6 heteroatoms. The lowest BCUT2D eigenvalue weighted by Gasteiger charge is -1.98. The third-order valence-corrected chi connectivity index (χ3v) is 3.41. The summed E-state index contributed by atoms with van der Waals surface area (Å²) >= 11 is 5.24. The summed E-state index contributed by atoms with van der Waals surface area (Å²) in [6.07, 6.45) is 3.35.